The Bertz CT molecular complexity index is 989. The van der Waals surface area contributed by atoms with Crippen molar-refractivity contribution in [1.29, 1.82) is 0 Å². The molecule has 0 aliphatic heterocycles. The standard InChI is InChI=1S/C19H22ClN3O4/c1-12(2)11-27-16-7-6-14(9-15(16)20)21-17(24)8-5-13-10-22(3)19(26)23(4)18(13)25/h5-10,12H,11H2,1-4H3,(H,21,24)/b8-5+. The Hall–Kier alpha value is -2.80. The van der Waals surface area contributed by atoms with Crippen LogP contribution < -0.4 is 21.3 Å². The highest BCUT2D eigenvalue weighted by Gasteiger charge is 2.07. The van der Waals surface area contributed by atoms with Gasteiger partial charge < -0.3 is 14.6 Å². The van der Waals surface area contributed by atoms with E-state index >= 15 is 0 Å². The summed E-state index contributed by atoms with van der Waals surface area (Å²) in [6, 6.07) is 4.96. The topological polar surface area (TPSA) is 82.3 Å². The Morgan fingerprint density at radius 2 is 2.00 bits per heavy atom. The summed E-state index contributed by atoms with van der Waals surface area (Å²) >= 11 is 6.17. The molecule has 144 valence electrons. The van der Waals surface area contributed by atoms with E-state index in [2.05, 4.69) is 5.32 Å². The van der Waals surface area contributed by atoms with E-state index in [1.165, 1.54) is 37.0 Å². The van der Waals surface area contributed by atoms with Crippen LogP contribution in [0.1, 0.15) is 19.4 Å². The molecular weight excluding hydrogens is 370 g/mol. The van der Waals surface area contributed by atoms with E-state index in [9.17, 15) is 14.4 Å². The van der Waals surface area contributed by atoms with E-state index in [1.807, 2.05) is 13.8 Å². The number of nitrogens with one attached hydrogen (secondary N) is 1. The van der Waals surface area contributed by atoms with Crippen molar-refractivity contribution in [2.45, 2.75) is 13.8 Å². The van der Waals surface area contributed by atoms with E-state index in [-0.39, 0.29) is 5.56 Å². The fourth-order valence-corrected chi connectivity index (χ4v) is 2.49. The van der Waals surface area contributed by atoms with Gasteiger partial charge in [-0.1, -0.05) is 25.4 Å². The molecule has 1 aromatic carbocycles. The number of amides is 1. The highest BCUT2D eigenvalue weighted by molar-refractivity contribution is 6.32. The number of benzene rings is 1. The van der Waals surface area contributed by atoms with Crippen LogP contribution in [-0.2, 0) is 18.9 Å². The van der Waals surface area contributed by atoms with Gasteiger partial charge in [0, 0.05) is 32.1 Å². The number of carbonyl (C=O) groups excluding carboxylic acids is 1. The molecule has 2 aromatic rings. The van der Waals surface area contributed by atoms with Crippen molar-refractivity contribution in [3.05, 3.63) is 61.9 Å². The third-order valence-electron chi connectivity index (χ3n) is 3.66. The maximum atomic E-state index is 12.1. The lowest BCUT2D eigenvalue weighted by Gasteiger charge is -2.11. The van der Waals surface area contributed by atoms with Crippen molar-refractivity contribution in [3.63, 3.8) is 0 Å². The molecule has 0 atom stereocenters. The minimum atomic E-state index is -0.475. The summed E-state index contributed by atoms with van der Waals surface area (Å²) in [5.41, 5.74) is -0.182. The van der Waals surface area contributed by atoms with Gasteiger partial charge in [0.25, 0.3) is 5.56 Å². The second-order valence-corrected chi connectivity index (χ2v) is 6.92. The summed E-state index contributed by atoms with van der Waals surface area (Å²) in [7, 11) is 2.91. The molecule has 27 heavy (non-hydrogen) atoms. The molecule has 0 radical (unpaired) electrons. The summed E-state index contributed by atoms with van der Waals surface area (Å²) in [6.45, 7) is 4.61. The van der Waals surface area contributed by atoms with Gasteiger partial charge in [0.05, 0.1) is 17.2 Å². The monoisotopic (exact) mass is 391 g/mol. The van der Waals surface area contributed by atoms with Crippen LogP contribution in [0.2, 0.25) is 5.02 Å². The average molecular weight is 392 g/mol. The molecule has 7 nitrogen and oxygen atoms in total. The Morgan fingerprint density at radius 3 is 2.63 bits per heavy atom. The summed E-state index contributed by atoms with van der Waals surface area (Å²) in [6.07, 6.45) is 3.96. The molecule has 1 N–H and O–H groups in total. The number of aryl methyl sites for hydroxylation is 1. The zero-order chi connectivity index (χ0) is 20.1. The van der Waals surface area contributed by atoms with Crippen molar-refractivity contribution in [3.8, 4) is 5.75 Å². The molecule has 0 bridgehead atoms. The number of rotatable bonds is 6. The van der Waals surface area contributed by atoms with E-state index in [0.29, 0.717) is 29.0 Å². The number of hydrogen-bond acceptors (Lipinski definition) is 4. The first-order valence-electron chi connectivity index (χ1n) is 8.37. The van der Waals surface area contributed by atoms with Gasteiger partial charge in [0.1, 0.15) is 5.75 Å². The minimum Gasteiger partial charge on any atom is -0.492 e. The predicted octanol–water partition coefficient (Wildman–Crippen LogP) is 2.42. The summed E-state index contributed by atoms with van der Waals surface area (Å²) in [5, 5.41) is 3.05. The normalized spacial score (nSPS) is 11.2. The zero-order valence-electron chi connectivity index (χ0n) is 15.7. The number of ether oxygens (including phenoxy) is 1. The third-order valence-corrected chi connectivity index (χ3v) is 3.95. The molecule has 1 heterocycles. The Morgan fingerprint density at radius 1 is 1.30 bits per heavy atom. The molecule has 0 fully saturated rings. The smallest absolute Gasteiger partial charge is 0.330 e. The van der Waals surface area contributed by atoms with Gasteiger partial charge >= 0.3 is 5.69 Å². The number of carbonyl (C=O) groups is 1. The van der Waals surface area contributed by atoms with E-state index in [0.717, 1.165) is 4.57 Å². The fourth-order valence-electron chi connectivity index (χ4n) is 2.25. The van der Waals surface area contributed by atoms with Crippen LogP contribution in [0.4, 0.5) is 5.69 Å². The summed E-state index contributed by atoms with van der Waals surface area (Å²) in [5.74, 6) is 0.487. The molecule has 0 aliphatic rings. The quantitative estimate of drug-likeness (QED) is 0.766. The highest BCUT2D eigenvalue weighted by atomic mass is 35.5. The number of halogens is 1. The number of aromatic nitrogens is 2. The third kappa shape index (κ3) is 5.34. The SMILES string of the molecule is CC(C)COc1ccc(NC(=O)/C=C/c2cn(C)c(=O)n(C)c2=O)cc1Cl. The van der Waals surface area contributed by atoms with Crippen LogP contribution >= 0.6 is 11.6 Å². The van der Waals surface area contributed by atoms with Crippen LogP contribution in [0.5, 0.6) is 5.75 Å². The lowest BCUT2D eigenvalue weighted by molar-refractivity contribution is -0.111. The predicted molar refractivity (Wildman–Crippen MR) is 106 cm³/mol. The molecule has 8 heteroatoms. The minimum absolute atomic E-state index is 0.227. The van der Waals surface area contributed by atoms with Gasteiger partial charge in [0.15, 0.2) is 0 Å². The maximum absolute atomic E-state index is 12.1. The molecule has 1 amide bonds. The molecule has 0 aliphatic carbocycles. The highest BCUT2D eigenvalue weighted by Crippen LogP contribution is 2.28. The lowest BCUT2D eigenvalue weighted by Crippen LogP contribution is -2.37. The second-order valence-electron chi connectivity index (χ2n) is 6.51. The van der Waals surface area contributed by atoms with Crippen molar-refractivity contribution < 1.29 is 9.53 Å². The number of nitrogens with zero attached hydrogens (tertiary/aromatic N) is 2. The van der Waals surface area contributed by atoms with Crippen LogP contribution in [0.25, 0.3) is 6.08 Å². The molecular formula is C19H22ClN3O4. The van der Waals surface area contributed by atoms with E-state index in [1.54, 1.807) is 18.2 Å². The van der Waals surface area contributed by atoms with Gasteiger partial charge in [-0.15, -0.1) is 0 Å². The van der Waals surface area contributed by atoms with Crippen molar-refractivity contribution >= 4 is 29.3 Å². The largest absolute Gasteiger partial charge is 0.492 e. The van der Waals surface area contributed by atoms with Crippen molar-refractivity contribution in [2.75, 3.05) is 11.9 Å². The number of anilines is 1. The van der Waals surface area contributed by atoms with Crippen LogP contribution in [0.3, 0.4) is 0 Å². The molecule has 0 spiro atoms. The van der Waals surface area contributed by atoms with Gasteiger partial charge in [-0.3, -0.25) is 14.2 Å². The number of hydrogen-bond donors (Lipinski definition) is 1. The summed E-state index contributed by atoms with van der Waals surface area (Å²) in [4.78, 5) is 35.8. The second kappa shape index (κ2) is 8.73. The van der Waals surface area contributed by atoms with Gasteiger partial charge in [-0.25, -0.2) is 4.79 Å². The Kier molecular flexibility index (Phi) is 6.63. The Labute approximate surface area is 161 Å². The first-order valence-corrected chi connectivity index (χ1v) is 8.75. The van der Waals surface area contributed by atoms with Crippen LogP contribution in [0, 0.1) is 5.92 Å². The fraction of sp³-hybridized carbons (Fsp3) is 0.316. The van der Waals surface area contributed by atoms with E-state index in [4.69, 9.17) is 16.3 Å². The molecule has 1 aromatic heterocycles. The van der Waals surface area contributed by atoms with Crippen LogP contribution in [0.15, 0.2) is 40.1 Å². The maximum Gasteiger partial charge on any atom is 0.330 e. The lowest BCUT2D eigenvalue weighted by atomic mass is 10.2. The van der Waals surface area contributed by atoms with E-state index < -0.39 is 17.2 Å². The molecule has 0 unspecified atom stereocenters. The van der Waals surface area contributed by atoms with Gasteiger partial charge in [-0.2, -0.15) is 0 Å². The average Bonchev–Trinajstić information content (AvgIpc) is 2.61. The summed E-state index contributed by atoms with van der Waals surface area (Å²) < 4.78 is 7.84. The van der Waals surface area contributed by atoms with Gasteiger partial charge in [-0.05, 0) is 30.2 Å². The van der Waals surface area contributed by atoms with Crippen LogP contribution in [-0.4, -0.2) is 21.6 Å². The first-order chi connectivity index (χ1) is 12.7. The van der Waals surface area contributed by atoms with Gasteiger partial charge in [0.2, 0.25) is 5.91 Å². The van der Waals surface area contributed by atoms with Crippen molar-refractivity contribution in [2.24, 2.45) is 20.0 Å². The first kappa shape index (κ1) is 20.5. The Balaban J connectivity index is 2.10. The molecule has 0 saturated heterocycles. The molecule has 2 rings (SSSR count). The molecule has 0 saturated carbocycles. The zero-order valence-corrected chi connectivity index (χ0v) is 16.4. The van der Waals surface area contributed by atoms with Crippen molar-refractivity contribution in [1.82, 2.24) is 9.13 Å².